The van der Waals surface area contributed by atoms with E-state index < -0.39 is 0 Å². The van der Waals surface area contributed by atoms with E-state index in [0.29, 0.717) is 13.0 Å². The van der Waals surface area contributed by atoms with E-state index in [2.05, 4.69) is 11.7 Å². The van der Waals surface area contributed by atoms with Crippen LogP contribution in [0.1, 0.15) is 13.3 Å². The van der Waals surface area contributed by atoms with E-state index in [4.69, 9.17) is 0 Å². The molecule has 2 heteroatoms. The second-order valence-corrected chi connectivity index (χ2v) is 1.24. The van der Waals surface area contributed by atoms with Gasteiger partial charge in [0.15, 0.2) is 0 Å². The van der Waals surface area contributed by atoms with Gasteiger partial charge in [-0.15, -0.1) is 0 Å². The Balaban J connectivity index is 3.06. The van der Waals surface area contributed by atoms with Gasteiger partial charge in [-0.3, -0.25) is 4.79 Å². The van der Waals surface area contributed by atoms with Crippen molar-refractivity contribution in [3.05, 3.63) is 13.3 Å². The summed E-state index contributed by atoms with van der Waals surface area (Å²) < 4.78 is 4.55. The van der Waals surface area contributed by atoms with Crippen molar-refractivity contribution in [2.75, 3.05) is 6.61 Å². The third kappa shape index (κ3) is 3.65. The molecular formula is C6H10O2. The molecule has 0 rings (SSSR count). The lowest BCUT2D eigenvalue weighted by Gasteiger charge is -1.95. The van der Waals surface area contributed by atoms with Crippen LogP contribution in [0.4, 0.5) is 0 Å². The van der Waals surface area contributed by atoms with E-state index in [-0.39, 0.29) is 5.97 Å². The van der Waals surface area contributed by atoms with Crippen molar-refractivity contribution < 1.29 is 9.53 Å². The van der Waals surface area contributed by atoms with Crippen LogP contribution in [0.2, 0.25) is 0 Å². The molecule has 0 aliphatic heterocycles. The molecule has 0 atom stereocenters. The third-order valence-electron chi connectivity index (χ3n) is 0.598. The summed E-state index contributed by atoms with van der Waals surface area (Å²) in [4.78, 5) is 10.3. The molecule has 0 aliphatic carbocycles. The van der Waals surface area contributed by atoms with E-state index in [1.807, 2.05) is 0 Å². The average Bonchev–Trinajstić information content (AvgIpc) is 1.68. The third-order valence-corrected chi connectivity index (χ3v) is 0.598. The molecule has 0 saturated carbocycles. The lowest BCUT2D eigenvalue weighted by Crippen LogP contribution is -2.02. The fourth-order valence-electron chi connectivity index (χ4n) is 0.319. The highest BCUT2D eigenvalue weighted by Crippen LogP contribution is 1.86. The largest absolute Gasteiger partial charge is 0.466 e. The van der Waals surface area contributed by atoms with Crippen LogP contribution in [0.5, 0.6) is 0 Å². The number of rotatable bonds is 3. The standard InChI is InChI=1S/C6H10O2/c1-3-5-6(7)8-4-2/h5H,1,3-4H2,2H3. The van der Waals surface area contributed by atoms with Gasteiger partial charge in [0, 0.05) is 0 Å². The molecule has 0 spiro atoms. The molecule has 0 aromatic carbocycles. The Hall–Kier alpha value is -0.530. The minimum Gasteiger partial charge on any atom is -0.466 e. The van der Waals surface area contributed by atoms with Gasteiger partial charge in [-0.25, -0.2) is 0 Å². The van der Waals surface area contributed by atoms with E-state index in [0.717, 1.165) is 0 Å². The maximum atomic E-state index is 10.3. The van der Waals surface area contributed by atoms with Gasteiger partial charge in [0.05, 0.1) is 13.0 Å². The SMILES string of the molecule is [CH2]C[CH]C(=O)OCC. The fourth-order valence-corrected chi connectivity index (χ4v) is 0.319. The van der Waals surface area contributed by atoms with E-state index in [1.165, 1.54) is 6.42 Å². The molecule has 0 N–H and O–H groups in total. The fraction of sp³-hybridized carbons (Fsp3) is 0.500. The second kappa shape index (κ2) is 4.62. The molecule has 0 aromatic rings. The van der Waals surface area contributed by atoms with Crippen molar-refractivity contribution in [1.82, 2.24) is 0 Å². The summed E-state index contributed by atoms with van der Waals surface area (Å²) >= 11 is 0. The van der Waals surface area contributed by atoms with Crippen LogP contribution in [-0.2, 0) is 9.53 Å². The molecule has 2 radical (unpaired) electrons. The summed E-state index contributed by atoms with van der Waals surface area (Å²) in [6.45, 7) is 5.66. The summed E-state index contributed by atoms with van der Waals surface area (Å²) in [5.41, 5.74) is 0. The van der Waals surface area contributed by atoms with Crippen LogP contribution >= 0.6 is 0 Å². The number of ether oxygens (including phenoxy) is 1. The molecule has 0 amide bonds. The normalized spacial score (nSPS) is 8.75. The summed E-state index contributed by atoms with van der Waals surface area (Å²) in [7, 11) is 0. The first-order chi connectivity index (χ1) is 3.81. The van der Waals surface area contributed by atoms with Gasteiger partial charge in [-0.2, -0.15) is 0 Å². The van der Waals surface area contributed by atoms with E-state index in [1.54, 1.807) is 6.92 Å². The zero-order valence-electron chi connectivity index (χ0n) is 5.02. The van der Waals surface area contributed by atoms with Crippen molar-refractivity contribution in [1.29, 1.82) is 0 Å². The minimum atomic E-state index is -0.275. The van der Waals surface area contributed by atoms with Crippen LogP contribution in [0, 0.1) is 13.3 Å². The smallest absolute Gasteiger partial charge is 0.309 e. The van der Waals surface area contributed by atoms with Crippen LogP contribution in [0.25, 0.3) is 0 Å². The number of hydrogen-bond acceptors (Lipinski definition) is 2. The van der Waals surface area contributed by atoms with Crippen molar-refractivity contribution in [2.24, 2.45) is 0 Å². The van der Waals surface area contributed by atoms with Crippen LogP contribution in [0.3, 0.4) is 0 Å². The van der Waals surface area contributed by atoms with Gasteiger partial charge in [0.25, 0.3) is 0 Å². The zero-order chi connectivity index (χ0) is 6.41. The molecule has 2 nitrogen and oxygen atoms in total. The molecule has 0 aromatic heterocycles. The van der Waals surface area contributed by atoms with Gasteiger partial charge < -0.3 is 4.74 Å². The first-order valence-corrected chi connectivity index (χ1v) is 2.60. The Labute approximate surface area is 49.8 Å². The molecule has 0 fully saturated rings. The lowest BCUT2D eigenvalue weighted by molar-refractivity contribution is -0.139. The molecule has 8 heavy (non-hydrogen) atoms. The topological polar surface area (TPSA) is 26.3 Å². The first-order valence-electron chi connectivity index (χ1n) is 2.60. The predicted molar refractivity (Wildman–Crippen MR) is 30.9 cm³/mol. The highest BCUT2D eigenvalue weighted by molar-refractivity contribution is 5.78. The van der Waals surface area contributed by atoms with Gasteiger partial charge >= 0.3 is 5.97 Å². The Morgan fingerprint density at radius 3 is 2.88 bits per heavy atom. The van der Waals surface area contributed by atoms with E-state index in [9.17, 15) is 4.79 Å². The zero-order valence-corrected chi connectivity index (χ0v) is 5.02. The van der Waals surface area contributed by atoms with Crippen LogP contribution in [0.15, 0.2) is 0 Å². The molecule has 0 saturated heterocycles. The first kappa shape index (κ1) is 7.47. The maximum Gasteiger partial charge on any atom is 0.309 e. The number of hydrogen-bond donors (Lipinski definition) is 0. The summed E-state index contributed by atoms with van der Waals surface area (Å²) in [6, 6.07) is 0. The second-order valence-electron chi connectivity index (χ2n) is 1.24. The summed E-state index contributed by atoms with van der Waals surface area (Å²) in [5.74, 6) is -0.275. The Kier molecular flexibility index (Phi) is 4.32. The summed E-state index contributed by atoms with van der Waals surface area (Å²) in [6.07, 6.45) is 1.91. The van der Waals surface area contributed by atoms with Gasteiger partial charge in [0.2, 0.25) is 0 Å². The van der Waals surface area contributed by atoms with E-state index >= 15 is 0 Å². The van der Waals surface area contributed by atoms with Crippen molar-refractivity contribution in [2.45, 2.75) is 13.3 Å². The quantitative estimate of drug-likeness (QED) is 0.511. The molecule has 0 aliphatic rings. The maximum absolute atomic E-state index is 10.3. The predicted octanol–water partition coefficient (Wildman–Crippen LogP) is 0.978. The molecule has 46 valence electrons. The molecular weight excluding hydrogens is 104 g/mol. The molecule has 0 bridgehead atoms. The van der Waals surface area contributed by atoms with Crippen molar-refractivity contribution >= 4 is 5.97 Å². The Morgan fingerprint density at radius 2 is 2.50 bits per heavy atom. The lowest BCUT2D eigenvalue weighted by atomic mass is 10.3. The Morgan fingerprint density at radius 1 is 1.88 bits per heavy atom. The number of carbonyl (C=O) groups excluding carboxylic acids is 1. The summed E-state index contributed by atoms with van der Waals surface area (Å²) in [5, 5.41) is 0. The van der Waals surface area contributed by atoms with Crippen molar-refractivity contribution in [3.8, 4) is 0 Å². The van der Waals surface area contributed by atoms with Gasteiger partial charge in [-0.1, -0.05) is 6.92 Å². The highest BCUT2D eigenvalue weighted by Gasteiger charge is 1.96. The monoisotopic (exact) mass is 114 g/mol. The molecule has 0 heterocycles. The average molecular weight is 114 g/mol. The Bertz CT molecular complexity index is 60.9. The van der Waals surface area contributed by atoms with Gasteiger partial charge in [-0.05, 0) is 13.3 Å². The van der Waals surface area contributed by atoms with Crippen LogP contribution < -0.4 is 0 Å². The number of carbonyl (C=O) groups is 1. The number of esters is 1. The van der Waals surface area contributed by atoms with Gasteiger partial charge in [0.1, 0.15) is 0 Å². The van der Waals surface area contributed by atoms with Crippen molar-refractivity contribution in [3.63, 3.8) is 0 Å². The van der Waals surface area contributed by atoms with Crippen LogP contribution in [-0.4, -0.2) is 12.6 Å². The minimum absolute atomic E-state index is 0.275. The molecule has 0 unspecified atom stereocenters. The highest BCUT2D eigenvalue weighted by atomic mass is 16.5.